The molecule has 0 radical (unpaired) electrons. The summed E-state index contributed by atoms with van der Waals surface area (Å²) in [5.74, 6) is -2.18. The number of nitrogens with zero attached hydrogens (tertiary/aromatic N) is 5. The molecule has 1 aliphatic heterocycles. The molecular formula is C23H23F2N5O5. The van der Waals surface area contributed by atoms with Gasteiger partial charge in [-0.3, -0.25) is 15.0 Å². The van der Waals surface area contributed by atoms with Crippen molar-refractivity contribution in [2.45, 2.75) is 31.1 Å². The van der Waals surface area contributed by atoms with Crippen molar-refractivity contribution in [3.8, 4) is 0 Å². The highest BCUT2D eigenvalue weighted by molar-refractivity contribution is 5.89. The third-order valence-corrected chi connectivity index (χ3v) is 5.93. The second kappa shape index (κ2) is 10.2. The Hall–Kier alpha value is -3.77. The number of β-amino-alcohol motifs (C(OH)–C–C–N with tert-alkyl or cyclic N) is 1. The van der Waals surface area contributed by atoms with Gasteiger partial charge in [0.15, 0.2) is 0 Å². The zero-order valence-corrected chi connectivity index (χ0v) is 18.6. The first-order valence-corrected chi connectivity index (χ1v) is 10.9. The van der Waals surface area contributed by atoms with Crippen molar-refractivity contribution in [3.05, 3.63) is 88.0 Å². The molecule has 0 amide bonds. The van der Waals surface area contributed by atoms with Crippen molar-refractivity contribution in [1.82, 2.24) is 19.7 Å². The number of piperidine rings is 1. The Bertz CT molecular complexity index is 1180. The lowest BCUT2D eigenvalue weighted by molar-refractivity contribution is -0.384. The highest BCUT2D eigenvalue weighted by Crippen LogP contribution is 2.29. The van der Waals surface area contributed by atoms with Gasteiger partial charge in [-0.25, -0.2) is 23.2 Å². The van der Waals surface area contributed by atoms with Gasteiger partial charge in [-0.2, -0.15) is 5.10 Å². The number of carbonyl (C=O) groups is 1. The van der Waals surface area contributed by atoms with Gasteiger partial charge in [0.1, 0.15) is 36.0 Å². The Kier molecular flexibility index (Phi) is 7.12. The van der Waals surface area contributed by atoms with E-state index in [0.717, 1.165) is 12.1 Å². The quantitative estimate of drug-likeness (QED) is 0.292. The number of non-ortho nitro benzene ring substituents is 1. The van der Waals surface area contributed by atoms with E-state index in [-0.39, 0.29) is 36.0 Å². The minimum absolute atomic E-state index is 0.0401. The number of nitro groups is 1. The fourth-order valence-corrected chi connectivity index (χ4v) is 4.16. The monoisotopic (exact) mass is 487 g/mol. The Morgan fingerprint density at radius 1 is 1.17 bits per heavy atom. The van der Waals surface area contributed by atoms with Gasteiger partial charge in [-0.15, -0.1) is 0 Å². The lowest BCUT2D eigenvalue weighted by Gasteiger charge is -2.38. The normalized spacial score (nSPS) is 16.5. The topological polar surface area (TPSA) is 124 Å². The lowest BCUT2D eigenvalue weighted by atomic mass is 9.91. The van der Waals surface area contributed by atoms with Crippen LogP contribution in [0.1, 0.15) is 28.8 Å². The number of likely N-dealkylation sites (tertiary alicyclic amines) is 1. The van der Waals surface area contributed by atoms with Crippen LogP contribution in [0.3, 0.4) is 0 Å². The summed E-state index contributed by atoms with van der Waals surface area (Å²) in [6.07, 6.45) is 3.27. The van der Waals surface area contributed by atoms with Crippen molar-refractivity contribution in [3.63, 3.8) is 0 Å². The minimum Gasteiger partial charge on any atom is -0.459 e. The van der Waals surface area contributed by atoms with E-state index in [1.54, 1.807) is 0 Å². The Labute approximate surface area is 198 Å². The van der Waals surface area contributed by atoms with Crippen molar-refractivity contribution in [2.75, 3.05) is 19.6 Å². The number of halogens is 2. The van der Waals surface area contributed by atoms with E-state index in [2.05, 4.69) is 10.1 Å². The molecule has 4 rings (SSSR count). The first-order valence-electron chi connectivity index (χ1n) is 10.9. The van der Waals surface area contributed by atoms with Gasteiger partial charge in [-0.05, 0) is 31.0 Å². The maximum Gasteiger partial charge on any atom is 0.338 e. The molecule has 35 heavy (non-hydrogen) atoms. The van der Waals surface area contributed by atoms with Crippen LogP contribution in [-0.4, -0.2) is 61.4 Å². The van der Waals surface area contributed by atoms with Gasteiger partial charge in [0.05, 0.1) is 17.0 Å². The van der Waals surface area contributed by atoms with Crippen molar-refractivity contribution in [2.24, 2.45) is 0 Å². The molecule has 1 atom stereocenters. The van der Waals surface area contributed by atoms with Gasteiger partial charge >= 0.3 is 5.97 Å². The van der Waals surface area contributed by atoms with Gasteiger partial charge in [0.25, 0.3) is 5.69 Å². The number of carbonyl (C=O) groups excluding carboxylic acids is 1. The number of nitro benzene ring substituents is 1. The predicted octanol–water partition coefficient (Wildman–Crippen LogP) is 2.67. The molecule has 3 aromatic rings. The maximum atomic E-state index is 14.6. The number of aliphatic hydroxyl groups is 1. The summed E-state index contributed by atoms with van der Waals surface area (Å²) in [5.41, 5.74) is -1.67. The molecule has 1 unspecified atom stereocenters. The van der Waals surface area contributed by atoms with E-state index in [4.69, 9.17) is 4.74 Å². The molecule has 0 bridgehead atoms. The van der Waals surface area contributed by atoms with Gasteiger partial charge in [0.2, 0.25) is 0 Å². The second-order valence-electron chi connectivity index (χ2n) is 8.43. The molecule has 1 N–H and O–H groups in total. The first kappa shape index (κ1) is 24.4. The summed E-state index contributed by atoms with van der Waals surface area (Å²) in [7, 11) is 0. The van der Waals surface area contributed by atoms with Crippen LogP contribution in [0.4, 0.5) is 14.5 Å². The number of benzene rings is 2. The Morgan fingerprint density at radius 2 is 1.89 bits per heavy atom. The third-order valence-electron chi connectivity index (χ3n) is 5.93. The van der Waals surface area contributed by atoms with E-state index in [9.17, 15) is 28.8 Å². The average molecular weight is 487 g/mol. The SMILES string of the molecule is O=C(OC1CCN(CC(O)(Cn2cncn2)c2ccc(F)cc2F)CC1)c1ccc([N+](=O)[O-])cc1. The average Bonchev–Trinajstić information content (AvgIpc) is 3.33. The fraction of sp³-hybridized carbons (Fsp3) is 0.348. The predicted molar refractivity (Wildman–Crippen MR) is 118 cm³/mol. The van der Waals surface area contributed by atoms with Crippen LogP contribution in [0, 0.1) is 21.7 Å². The Balaban J connectivity index is 1.39. The lowest BCUT2D eigenvalue weighted by Crippen LogP contribution is -2.48. The highest BCUT2D eigenvalue weighted by atomic mass is 19.1. The summed E-state index contributed by atoms with van der Waals surface area (Å²) in [6.45, 7) is 0.865. The van der Waals surface area contributed by atoms with E-state index in [1.165, 1.54) is 47.7 Å². The molecular weight excluding hydrogens is 464 g/mol. The van der Waals surface area contributed by atoms with Crippen LogP contribution in [0.15, 0.2) is 55.1 Å². The molecule has 1 aliphatic rings. The molecule has 0 aliphatic carbocycles. The van der Waals surface area contributed by atoms with Crippen LogP contribution in [0.5, 0.6) is 0 Å². The zero-order valence-electron chi connectivity index (χ0n) is 18.6. The van der Waals surface area contributed by atoms with Crippen LogP contribution in [0.25, 0.3) is 0 Å². The van der Waals surface area contributed by atoms with Gasteiger partial charge in [-0.1, -0.05) is 6.07 Å². The summed E-state index contributed by atoms with van der Waals surface area (Å²) in [6, 6.07) is 8.21. The molecule has 0 saturated carbocycles. The zero-order chi connectivity index (χ0) is 25.0. The standard InChI is InChI=1S/C23H23F2N5O5/c24-17-3-6-20(21(25)11-17)23(32,13-29-15-26-14-27-29)12-28-9-7-19(8-10-28)35-22(31)16-1-4-18(5-2-16)30(33)34/h1-6,11,14-15,19,32H,7-10,12-13H2. The van der Waals surface area contributed by atoms with Crippen molar-refractivity contribution >= 4 is 11.7 Å². The molecule has 0 spiro atoms. The highest BCUT2D eigenvalue weighted by Gasteiger charge is 2.37. The largest absolute Gasteiger partial charge is 0.459 e. The molecule has 1 saturated heterocycles. The third kappa shape index (κ3) is 5.84. The van der Waals surface area contributed by atoms with Crippen LogP contribution in [0.2, 0.25) is 0 Å². The second-order valence-corrected chi connectivity index (χ2v) is 8.43. The maximum absolute atomic E-state index is 14.6. The van der Waals surface area contributed by atoms with E-state index in [1.807, 2.05) is 4.90 Å². The van der Waals surface area contributed by atoms with Gasteiger partial charge in [0, 0.05) is 43.4 Å². The molecule has 1 fully saturated rings. The summed E-state index contributed by atoms with van der Waals surface area (Å²) < 4.78 is 35.0. The van der Waals surface area contributed by atoms with E-state index in [0.29, 0.717) is 25.9 Å². The molecule has 12 heteroatoms. The molecule has 184 valence electrons. The van der Waals surface area contributed by atoms with E-state index >= 15 is 0 Å². The van der Waals surface area contributed by atoms with Gasteiger partial charge < -0.3 is 9.84 Å². The number of esters is 1. The van der Waals surface area contributed by atoms with Crippen LogP contribution < -0.4 is 0 Å². The summed E-state index contributed by atoms with van der Waals surface area (Å²) >= 11 is 0. The van der Waals surface area contributed by atoms with Crippen molar-refractivity contribution in [1.29, 1.82) is 0 Å². The van der Waals surface area contributed by atoms with Crippen LogP contribution in [-0.2, 0) is 16.9 Å². The molecule has 2 aromatic carbocycles. The molecule has 1 aromatic heterocycles. The number of aromatic nitrogens is 3. The van der Waals surface area contributed by atoms with Crippen molar-refractivity contribution < 1.29 is 28.3 Å². The number of hydrogen-bond donors (Lipinski definition) is 1. The summed E-state index contributed by atoms with van der Waals surface area (Å²) in [4.78, 5) is 28.4. The number of rotatable bonds is 8. The fourth-order valence-electron chi connectivity index (χ4n) is 4.16. The van der Waals surface area contributed by atoms with E-state index < -0.39 is 28.1 Å². The minimum atomic E-state index is -1.71. The smallest absolute Gasteiger partial charge is 0.338 e. The number of ether oxygens (including phenoxy) is 1. The van der Waals surface area contributed by atoms with Crippen LogP contribution >= 0.6 is 0 Å². The number of hydrogen-bond acceptors (Lipinski definition) is 8. The Morgan fingerprint density at radius 3 is 2.49 bits per heavy atom. The molecule has 10 nitrogen and oxygen atoms in total. The molecule has 2 heterocycles. The first-order chi connectivity index (χ1) is 16.7. The summed E-state index contributed by atoms with van der Waals surface area (Å²) in [5, 5.41) is 26.2.